The van der Waals surface area contributed by atoms with Gasteiger partial charge >= 0.3 is 5.97 Å². The zero-order valence-electron chi connectivity index (χ0n) is 36.6. The number of carboxylic acid groups (broad SMARTS) is 1. The molecular formula is C44H60N3O14S3+. The molecule has 352 valence electrons. The van der Waals surface area contributed by atoms with E-state index in [1.54, 1.807) is 49.6 Å². The number of rotatable bonds is 26. The van der Waals surface area contributed by atoms with Crippen molar-refractivity contribution >= 4 is 59.3 Å². The maximum atomic E-state index is 13.1. The molecule has 0 bridgehead atoms. The molecule has 2 atom stereocenters. The third kappa shape index (κ3) is 14.0. The number of hydrogen-bond acceptors (Lipinski definition) is 11. The van der Waals surface area contributed by atoms with E-state index in [2.05, 4.69) is 10.2 Å². The highest BCUT2D eigenvalue weighted by Gasteiger charge is 2.48. The largest absolute Gasteiger partial charge is 0.481 e. The van der Waals surface area contributed by atoms with Gasteiger partial charge in [0.05, 0.1) is 35.0 Å². The molecule has 0 aliphatic carbocycles. The van der Waals surface area contributed by atoms with Gasteiger partial charge in [-0.15, -0.1) is 0 Å². The smallest absolute Gasteiger partial charge is 0.303 e. The lowest BCUT2D eigenvalue weighted by atomic mass is 9.76. The minimum atomic E-state index is -4.60. The fraction of sp³-hybridized carbons (Fsp3) is 0.477. The molecule has 2 aromatic rings. The molecule has 20 heteroatoms. The highest BCUT2D eigenvalue weighted by molar-refractivity contribution is 7.86. The Morgan fingerprint density at radius 3 is 2.03 bits per heavy atom. The number of methoxy groups -OCH3 is 2. The molecule has 2 unspecified atom stereocenters. The fourth-order valence-electron chi connectivity index (χ4n) is 8.37. The highest BCUT2D eigenvalue weighted by atomic mass is 32.2. The minimum absolute atomic E-state index is 0.00781. The molecule has 0 spiro atoms. The van der Waals surface area contributed by atoms with Crippen molar-refractivity contribution in [3.8, 4) is 0 Å². The summed E-state index contributed by atoms with van der Waals surface area (Å²) in [4.78, 5) is 26.0. The zero-order chi connectivity index (χ0) is 47.3. The molecule has 2 heterocycles. The molecule has 0 saturated heterocycles. The lowest BCUT2D eigenvalue weighted by Crippen LogP contribution is -2.32. The number of carboxylic acids is 1. The standard InChI is InChI=1S/C44H59N3O14S3/c1-43(22-13-29-62(51,52)53)35-31-33(42(50)45-24-27-60-3)18-20-37(35)47(26-28-61-4)40(43)16-10-7-5-6-9-15-39-44(2,23-14-30-63(54,55)56)36-32-34(64(57,58)59)19-21-38(36)46(39)25-12-8-11-17-41(48)49/h5-7,9-10,15-16,18-21,31-32H,8,11-14,17,22-30H2,1-4H3,(H4-,45,48,49,50,51,52,53,54,55,56,57,58,59)/p+1. The van der Waals surface area contributed by atoms with Gasteiger partial charge < -0.3 is 24.8 Å². The number of anilines is 1. The Labute approximate surface area is 376 Å². The summed E-state index contributed by atoms with van der Waals surface area (Å²) in [6, 6.07) is 9.62. The van der Waals surface area contributed by atoms with Crippen LogP contribution in [0.5, 0.6) is 0 Å². The Bertz CT molecular complexity index is 2510. The molecule has 4 rings (SSSR count). The molecule has 5 N–H and O–H groups in total. The van der Waals surface area contributed by atoms with Crippen LogP contribution < -0.4 is 10.2 Å². The number of allylic oxidation sites excluding steroid dienone is 8. The van der Waals surface area contributed by atoms with Crippen LogP contribution in [0.4, 0.5) is 11.4 Å². The van der Waals surface area contributed by atoms with E-state index in [9.17, 15) is 48.5 Å². The number of fused-ring (bicyclic) bond motifs is 2. The molecule has 0 aromatic heterocycles. The number of carbonyl (C=O) groups is 2. The predicted octanol–water partition coefficient (Wildman–Crippen LogP) is 5.62. The number of carbonyl (C=O) groups excluding carboxylic acids is 1. The van der Waals surface area contributed by atoms with Crippen LogP contribution in [0.2, 0.25) is 0 Å². The van der Waals surface area contributed by atoms with Crippen LogP contribution in [0, 0.1) is 0 Å². The fourth-order valence-corrected chi connectivity index (χ4v) is 9.90. The van der Waals surface area contributed by atoms with Gasteiger partial charge in [0.15, 0.2) is 5.71 Å². The van der Waals surface area contributed by atoms with Crippen molar-refractivity contribution in [2.75, 3.05) is 63.5 Å². The summed E-state index contributed by atoms with van der Waals surface area (Å²) in [6.45, 7) is 5.68. The molecule has 1 amide bonds. The van der Waals surface area contributed by atoms with Gasteiger partial charge in [-0.1, -0.05) is 30.4 Å². The van der Waals surface area contributed by atoms with Gasteiger partial charge in [0.25, 0.3) is 36.3 Å². The summed E-state index contributed by atoms with van der Waals surface area (Å²) in [5.41, 5.74) is 2.98. The van der Waals surface area contributed by atoms with Gasteiger partial charge in [0.2, 0.25) is 5.69 Å². The number of amides is 1. The van der Waals surface area contributed by atoms with Crippen LogP contribution >= 0.6 is 0 Å². The lowest BCUT2D eigenvalue weighted by Gasteiger charge is -2.30. The Morgan fingerprint density at radius 2 is 1.41 bits per heavy atom. The Hall–Kier alpha value is -4.54. The van der Waals surface area contributed by atoms with Crippen LogP contribution in [-0.4, -0.2) is 125 Å². The van der Waals surface area contributed by atoms with E-state index >= 15 is 0 Å². The van der Waals surface area contributed by atoms with E-state index < -0.39 is 58.7 Å². The van der Waals surface area contributed by atoms with Crippen LogP contribution in [0.15, 0.2) is 89.5 Å². The summed E-state index contributed by atoms with van der Waals surface area (Å²) in [6.07, 6.45) is 15.0. The molecule has 2 aromatic carbocycles. The molecule has 0 fully saturated rings. The number of benzene rings is 2. The second kappa shape index (κ2) is 22.6. The van der Waals surface area contributed by atoms with Crippen molar-refractivity contribution in [3.63, 3.8) is 0 Å². The summed E-state index contributed by atoms with van der Waals surface area (Å²) < 4.78 is 113. The number of ether oxygens (including phenoxy) is 2. The van der Waals surface area contributed by atoms with Gasteiger partial charge in [-0.25, -0.2) is 0 Å². The lowest BCUT2D eigenvalue weighted by molar-refractivity contribution is -0.438. The first kappa shape index (κ1) is 52.1. The zero-order valence-corrected chi connectivity index (χ0v) is 39.1. The molecule has 0 radical (unpaired) electrons. The minimum Gasteiger partial charge on any atom is -0.481 e. The summed E-state index contributed by atoms with van der Waals surface area (Å²) in [5.74, 6) is -2.17. The SMILES string of the molecule is COCCNC(=O)c1ccc2c(c1)C(C)(CCCS(=O)(=O)O)C(=CC=CC=CC=CC1=[N+](CCCCCC(=O)O)c3ccc(S(=O)(=O)O)cc3C1(C)CCCS(=O)(=O)O)N2CCOC. The second-order valence-electron chi connectivity index (χ2n) is 16.1. The average Bonchev–Trinajstić information content (AvgIpc) is 3.57. The van der Waals surface area contributed by atoms with Crippen molar-refractivity contribution in [1.82, 2.24) is 5.32 Å². The van der Waals surface area contributed by atoms with E-state index in [-0.39, 0.29) is 36.5 Å². The van der Waals surface area contributed by atoms with E-state index in [4.69, 9.17) is 14.6 Å². The van der Waals surface area contributed by atoms with E-state index in [1.165, 1.54) is 19.2 Å². The van der Waals surface area contributed by atoms with Gasteiger partial charge in [-0.2, -0.15) is 29.8 Å². The topological polar surface area (TPSA) is 254 Å². The Morgan fingerprint density at radius 1 is 0.766 bits per heavy atom. The average molecular weight is 951 g/mol. The summed E-state index contributed by atoms with van der Waals surface area (Å²) in [5, 5.41) is 12.0. The normalized spacial score (nSPS) is 19.7. The third-order valence-corrected chi connectivity index (χ3v) is 14.0. The van der Waals surface area contributed by atoms with Gasteiger partial charge in [0.1, 0.15) is 6.54 Å². The van der Waals surface area contributed by atoms with Gasteiger partial charge in [0, 0.05) is 80.2 Å². The van der Waals surface area contributed by atoms with Crippen molar-refractivity contribution in [3.05, 3.63) is 101 Å². The first-order valence-corrected chi connectivity index (χ1v) is 25.5. The van der Waals surface area contributed by atoms with Crippen LogP contribution in [0.1, 0.15) is 86.7 Å². The van der Waals surface area contributed by atoms with Crippen molar-refractivity contribution in [1.29, 1.82) is 0 Å². The summed E-state index contributed by atoms with van der Waals surface area (Å²) in [7, 11) is -10.0. The summed E-state index contributed by atoms with van der Waals surface area (Å²) >= 11 is 0. The molecule has 0 saturated carbocycles. The van der Waals surface area contributed by atoms with E-state index in [0.717, 1.165) is 16.9 Å². The number of unbranched alkanes of at least 4 members (excludes halogenated alkanes) is 2. The monoisotopic (exact) mass is 950 g/mol. The maximum absolute atomic E-state index is 13.1. The van der Waals surface area contributed by atoms with Crippen LogP contribution in [0.3, 0.4) is 0 Å². The van der Waals surface area contributed by atoms with Gasteiger partial charge in [-0.05, 0) is 94.3 Å². The first-order valence-electron chi connectivity index (χ1n) is 20.8. The maximum Gasteiger partial charge on any atom is 0.303 e. The van der Waals surface area contributed by atoms with Crippen molar-refractivity contribution in [2.45, 2.75) is 80.9 Å². The highest BCUT2D eigenvalue weighted by Crippen LogP contribution is 2.51. The quantitative estimate of drug-likeness (QED) is 0.0332. The van der Waals surface area contributed by atoms with E-state index in [0.29, 0.717) is 81.1 Å². The van der Waals surface area contributed by atoms with E-state index in [1.807, 2.05) is 42.7 Å². The van der Waals surface area contributed by atoms with Crippen molar-refractivity contribution < 1.29 is 67.7 Å². The molecular weight excluding hydrogens is 891 g/mol. The number of aliphatic carboxylic acids is 1. The van der Waals surface area contributed by atoms with Crippen LogP contribution in [0.25, 0.3) is 0 Å². The van der Waals surface area contributed by atoms with Crippen molar-refractivity contribution in [2.24, 2.45) is 0 Å². The third-order valence-electron chi connectivity index (χ3n) is 11.5. The van der Waals surface area contributed by atoms with Gasteiger partial charge in [-0.3, -0.25) is 23.2 Å². The molecule has 64 heavy (non-hydrogen) atoms. The first-order chi connectivity index (χ1) is 30.1. The predicted molar refractivity (Wildman–Crippen MR) is 244 cm³/mol. The molecule has 2 aliphatic rings. The number of nitrogens with zero attached hydrogens (tertiary/aromatic N) is 2. The second-order valence-corrected chi connectivity index (χ2v) is 20.7. The Balaban J connectivity index is 1.72. The van der Waals surface area contributed by atoms with Crippen LogP contribution in [-0.2, 0) is 55.5 Å². The molecule has 17 nitrogen and oxygen atoms in total. The number of nitrogens with one attached hydrogen (secondary N) is 1. The molecule has 2 aliphatic heterocycles. The number of hydrogen-bond donors (Lipinski definition) is 5. The Kier molecular flexibility index (Phi) is 18.4.